The molecule has 0 aliphatic heterocycles. The van der Waals surface area contributed by atoms with Crippen molar-refractivity contribution >= 4 is 38.3 Å². The molecule has 0 fully saturated rings. The molecule has 0 saturated carbocycles. The van der Waals surface area contributed by atoms with Crippen LogP contribution in [0.25, 0.3) is 11.0 Å². The first kappa shape index (κ1) is 16.6. The second-order valence-corrected chi connectivity index (χ2v) is 7.70. The van der Waals surface area contributed by atoms with E-state index in [1.807, 2.05) is 19.1 Å². The molecular formula is C16H16ClN3O3S. The van der Waals surface area contributed by atoms with Gasteiger partial charge >= 0.3 is 5.69 Å². The summed E-state index contributed by atoms with van der Waals surface area (Å²) >= 11 is 6.17. The van der Waals surface area contributed by atoms with E-state index in [2.05, 4.69) is 4.72 Å². The summed E-state index contributed by atoms with van der Waals surface area (Å²) in [7, 11) is -0.679. The molecule has 2 aromatic carbocycles. The van der Waals surface area contributed by atoms with Crippen molar-refractivity contribution in [1.29, 1.82) is 0 Å². The SMILES string of the molecule is Cc1ccc(NS(=O)(=O)c2cc3c(cc2Cl)n(C)c(=O)n3C)cc1. The van der Waals surface area contributed by atoms with Gasteiger partial charge in [0.05, 0.1) is 16.1 Å². The second kappa shape index (κ2) is 5.68. The van der Waals surface area contributed by atoms with Crippen LogP contribution in [0.5, 0.6) is 0 Å². The predicted molar refractivity (Wildman–Crippen MR) is 95.2 cm³/mol. The minimum absolute atomic E-state index is 0.0586. The van der Waals surface area contributed by atoms with Crippen molar-refractivity contribution in [2.45, 2.75) is 11.8 Å². The minimum atomic E-state index is -3.88. The Balaban J connectivity index is 2.13. The van der Waals surface area contributed by atoms with Crippen LogP contribution in [0, 0.1) is 6.92 Å². The van der Waals surface area contributed by atoms with Gasteiger partial charge in [-0.3, -0.25) is 13.9 Å². The Morgan fingerprint density at radius 2 is 1.54 bits per heavy atom. The Morgan fingerprint density at radius 1 is 1.00 bits per heavy atom. The van der Waals surface area contributed by atoms with Gasteiger partial charge in [0.25, 0.3) is 10.0 Å². The molecule has 6 nitrogen and oxygen atoms in total. The molecule has 0 spiro atoms. The van der Waals surface area contributed by atoms with E-state index in [-0.39, 0.29) is 15.6 Å². The maximum Gasteiger partial charge on any atom is 0.328 e. The van der Waals surface area contributed by atoms with Crippen molar-refractivity contribution in [3.8, 4) is 0 Å². The monoisotopic (exact) mass is 365 g/mol. The highest BCUT2D eigenvalue weighted by atomic mass is 35.5. The van der Waals surface area contributed by atoms with Crippen molar-refractivity contribution in [2.24, 2.45) is 14.1 Å². The number of benzene rings is 2. The van der Waals surface area contributed by atoms with Gasteiger partial charge < -0.3 is 0 Å². The molecule has 0 amide bonds. The van der Waals surface area contributed by atoms with Crippen LogP contribution in [0.15, 0.2) is 46.1 Å². The summed E-state index contributed by atoms with van der Waals surface area (Å²) < 4.78 is 30.6. The molecule has 0 aliphatic carbocycles. The molecule has 0 saturated heterocycles. The molecule has 0 unspecified atom stereocenters. The highest BCUT2D eigenvalue weighted by Crippen LogP contribution is 2.28. The fourth-order valence-corrected chi connectivity index (χ4v) is 4.14. The lowest BCUT2D eigenvalue weighted by Gasteiger charge is -2.10. The summed E-state index contributed by atoms with van der Waals surface area (Å²) in [5.41, 5.74) is 2.29. The van der Waals surface area contributed by atoms with Gasteiger partial charge in [0.2, 0.25) is 0 Å². The first-order valence-electron chi connectivity index (χ1n) is 7.15. The Labute approximate surface area is 144 Å². The normalized spacial score (nSPS) is 11.8. The molecule has 1 aromatic heterocycles. The van der Waals surface area contributed by atoms with Crippen LogP contribution in [-0.2, 0) is 24.1 Å². The maximum atomic E-state index is 12.7. The van der Waals surface area contributed by atoms with Crippen molar-refractivity contribution in [1.82, 2.24) is 9.13 Å². The number of sulfonamides is 1. The first-order chi connectivity index (χ1) is 11.2. The van der Waals surface area contributed by atoms with Crippen LogP contribution in [0.1, 0.15) is 5.56 Å². The number of imidazole rings is 1. The summed E-state index contributed by atoms with van der Waals surface area (Å²) in [6, 6.07) is 9.87. The molecule has 0 bridgehead atoms. The number of aromatic nitrogens is 2. The van der Waals surface area contributed by atoms with Crippen LogP contribution in [0.4, 0.5) is 5.69 Å². The fraction of sp³-hybridized carbons (Fsp3) is 0.188. The molecule has 126 valence electrons. The van der Waals surface area contributed by atoms with Gasteiger partial charge in [-0.05, 0) is 31.2 Å². The van der Waals surface area contributed by atoms with E-state index in [1.54, 1.807) is 26.2 Å². The lowest BCUT2D eigenvalue weighted by atomic mass is 10.2. The number of halogens is 1. The first-order valence-corrected chi connectivity index (χ1v) is 9.01. The van der Waals surface area contributed by atoms with E-state index in [4.69, 9.17) is 11.6 Å². The topological polar surface area (TPSA) is 73.1 Å². The molecule has 1 heterocycles. The zero-order valence-corrected chi connectivity index (χ0v) is 14.9. The highest BCUT2D eigenvalue weighted by molar-refractivity contribution is 7.92. The average molecular weight is 366 g/mol. The van der Waals surface area contributed by atoms with Crippen LogP contribution in [0.3, 0.4) is 0 Å². The zero-order chi connectivity index (χ0) is 17.6. The van der Waals surface area contributed by atoms with Crippen LogP contribution >= 0.6 is 11.6 Å². The summed E-state index contributed by atoms with van der Waals surface area (Å²) in [6.45, 7) is 1.92. The number of hydrogen-bond acceptors (Lipinski definition) is 3. The number of nitrogens with zero attached hydrogens (tertiary/aromatic N) is 2. The number of hydrogen-bond donors (Lipinski definition) is 1. The quantitative estimate of drug-likeness (QED) is 0.775. The summed E-state index contributed by atoms with van der Waals surface area (Å²) in [5.74, 6) is 0. The Morgan fingerprint density at radius 3 is 2.12 bits per heavy atom. The lowest BCUT2D eigenvalue weighted by Crippen LogP contribution is -2.19. The smallest absolute Gasteiger partial charge is 0.295 e. The largest absolute Gasteiger partial charge is 0.328 e. The fourth-order valence-electron chi connectivity index (χ4n) is 2.54. The van der Waals surface area contributed by atoms with Gasteiger partial charge in [-0.2, -0.15) is 0 Å². The van der Waals surface area contributed by atoms with Gasteiger partial charge in [0.1, 0.15) is 4.90 Å². The van der Waals surface area contributed by atoms with Crippen molar-refractivity contribution in [3.63, 3.8) is 0 Å². The summed E-state index contributed by atoms with van der Waals surface area (Å²) in [4.78, 5) is 11.9. The molecule has 0 aliphatic rings. The molecular weight excluding hydrogens is 350 g/mol. The predicted octanol–water partition coefficient (Wildman–Crippen LogP) is 2.64. The number of nitrogens with one attached hydrogen (secondary N) is 1. The van der Waals surface area contributed by atoms with E-state index in [0.717, 1.165) is 5.56 Å². The standard InChI is InChI=1S/C16H16ClN3O3S/c1-10-4-6-11(7-5-10)18-24(22,23)15-9-14-13(8-12(15)17)19(2)16(21)20(14)3/h4-9,18H,1-3H3. The van der Waals surface area contributed by atoms with E-state index >= 15 is 0 Å². The summed E-state index contributed by atoms with van der Waals surface area (Å²) in [5, 5.41) is 0.0586. The number of aryl methyl sites for hydroxylation is 3. The molecule has 3 rings (SSSR count). The molecule has 0 atom stereocenters. The third-order valence-corrected chi connectivity index (χ3v) is 5.76. The number of rotatable bonds is 3. The van der Waals surface area contributed by atoms with Crippen LogP contribution < -0.4 is 10.4 Å². The highest BCUT2D eigenvalue weighted by Gasteiger charge is 2.21. The molecule has 3 aromatic rings. The number of fused-ring (bicyclic) bond motifs is 1. The Kier molecular flexibility index (Phi) is 3.93. The Hall–Kier alpha value is -2.25. The lowest BCUT2D eigenvalue weighted by molar-refractivity contribution is 0.601. The van der Waals surface area contributed by atoms with Crippen LogP contribution in [0.2, 0.25) is 5.02 Å². The van der Waals surface area contributed by atoms with Crippen LogP contribution in [-0.4, -0.2) is 17.6 Å². The minimum Gasteiger partial charge on any atom is -0.295 e. The van der Waals surface area contributed by atoms with Gasteiger partial charge in [0.15, 0.2) is 0 Å². The van der Waals surface area contributed by atoms with Gasteiger partial charge in [0, 0.05) is 19.8 Å². The third-order valence-electron chi connectivity index (χ3n) is 3.92. The molecule has 24 heavy (non-hydrogen) atoms. The van der Waals surface area contributed by atoms with E-state index in [0.29, 0.717) is 16.7 Å². The molecule has 8 heteroatoms. The van der Waals surface area contributed by atoms with Gasteiger partial charge in [-0.25, -0.2) is 13.2 Å². The molecule has 1 N–H and O–H groups in total. The zero-order valence-electron chi connectivity index (χ0n) is 13.4. The Bertz CT molecular complexity index is 1100. The van der Waals surface area contributed by atoms with E-state index < -0.39 is 10.0 Å². The van der Waals surface area contributed by atoms with Gasteiger partial charge in [-0.1, -0.05) is 29.3 Å². The maximum absolute atomic E-state index is 12.7. The second-order valence-electron chi connectivity index (χ2n) is 5.64. The van der Waals surface area contributed by atoms with Crippen molar-refractivity contribution in [3.05, 3.63) is 57.5 Å². The summed E-state index contributed by atoms with van der Waals surface area (Å²) in [6.07, 6.45) is 0. The third kappa shape index (κ3) is 2.70. The van der Waals surface area contributed by atoms with E-state index in [1.165, 1.54) is 21.3 Å². The number of anilines is 1. The molecule has 0 radical (unpaired) electrons. The van der Waals surface area contributed by atoms with E-state index in [9.17, 15) is 13.2 Å². The average Bonchev–Trinajstić information content (AvgIpc) is 2.73. The van der Waals surface area contributed by atoms with Gasteiger partial charge in [-0.15, -0.1) is 0 Å². The van der Waals surface area contributed by atoms with Crippen molar-refractivity contribution < 1.29 is 8.42 Å². The van der Waals surface area contributed by atoms with Crippen molar-refractivity contribution in [2.75, 3.05) is 4.72 Å².